The standard InChI is InChI=1S/C31H33N2O.Hg/c1-5-33(30(26-14-8-6-9-15-26)27-16-10-7-11-17-27)31(34)29-22-32(20-19-24(29)3)21-28-18-12-13-23(2)25(28)4;/h6-18,30H,1,19-22H2,2-4H3;. The van der Waals surface area contributed by atoms with E-state index in [1.807, 2.05) is 41.3 Å². The maximum atomic E-state index is 14.3. The van der Waals surface area contributed by atoms with Crippen LogP contribution in [0.25, 0.3) is 0 Å². The predicted molar refractivity (Wildman–Crippen MR) is 139 cm³/mol. The molecule has 1 aliphatic heterocycles. The van der Waals surface area contributed by atoms with Gasteiger partial charge in [0.15, 0.2) is 0 Å². The summed E-state index contributed by atoms with van der Waals surface area (Å²) in [4.78, 5) is 18.7. The molecule has 0 aliphatic carbocycles. The van der Waals surface area contributed by atoms with Gasteiger partial charge < -0.3 is 0 Å². The fourth-order valence-electron chi connectivity index (χ4n) is 4.87. The number of aryl methyl sites for hydroxylation is 1. The normalized spacial score (nSPS) is 14.3. The van der Waals surface area contributed by atoms with E-state index in [1.54, 1.807) is 0 Å². The molecule has 4 rings (SSSR count). The van der Waals surface area contributed by atoms with Crippen LogP contribution in [-0.4, -0.2) is 28.8 Å². The monoisotopic (exact) mass is 651 g/mol. The molecule has 1 heterocycles. The number of carbonyl (C=O) groups is 1. The van der Waals surface area contributed by atoms with Gasteiger partial charge in [0.1, 0.15) is 0 Å². The Bertz CT molecular complexity index is 1190. The van der Waals surface area contributed by atoms with Crippen molar-refractivity contribution in [3.05, 3.63) is 128 Å². The first kappa shape index (κ1) is 25.6. The average Bonchev–Trinajstić information content (AvgIpc) is 2.87. The van der Waals surface area contributed by atoms with E-state index in [2.05, 4.69) is 74.7 Å². The molecule has 4 heteroatoms. The van der Waals surface area contributed by atoms with Crippen LogP contribution in [0.5, 0.6) is 0 Å². The van der Waals surface area contributed by atoms with E-state index in [0.717, 1.165) is 39.4 Å². The van der Waals surface area contributed by atoms with Crippen molar-refractivity contribution < 1.29 is 30.9 Å². The number of rotatable bonds is 7. The first-order valence-electron chi connectivity index (χ1n) is 12.3. The summed E-state index contributed by atoms with van der Waals surface area (Å²) < 4.78 is 0.944. The van der Waals surface area contributed by atoms with Gasteiger partial charge in [-0.05, 0) is 0 Å². The molecule has 0 spiro atoms. The molecule has 1 amide bonds. The summed E-state index contributed by atoms with van der Waals surface area (Å²) >= 11 is 0.223. The SMILES string of the molecule is C=[C]([Hg])N(C(=O)C1=C(C)CCN(Cc2cccc(C)c2C)C1)C(c1ccccc1)c1ccccc1. The van der Waals surface area contributed by atoms with Crippen molar-refractivity contribution in [1.29, 1.82) is 0 Å². The van der Waals surface area contributed by atoms with Crippen molar-refractivity contribution >= 4 is 5.91 Å². The average molecular weight is 650 g/mol. The van der Waals surface area contributed by atoms with Gasteiger partial charge in [0.2, 0.25) is 0 Å². The summed E-state index contributed by atoms with van der Waals surface area (Å²) in [6.07, 6.45) is 0.916. The Balaban J connectivity index is 1.67. The Hall–Kier alpha value is -2.49. The van der Waals surface area contributed by atoms with Gasteiger partial charge in [0, 0.05) is 0 Å². The van der Waals surface area contributed by atoms with E-state index < -0.39 is 0 Å². The first-order valence-corrected chi connectivity index (χ1v) is 15.0. The van der Waals surface area contributed by atoms with Crippen LogP contribution in [0.3, 0.4) is 0 Å². The number of hydrogen-bond acceptors (Lipinski definition) is 2. The predicted octanol–water partition coefficient (Wildman–Crippen LogP) is 6.46. The maximum absolute atomic E-state index is 14.3. The van der Waals surface area contributed by atoms with E-state index in [0.29, 0.717) is 6.54 Å². The van der Waals surface area contributed by atoms with Gasteiger partial charge in [-0.25, -0.2) is 0 Å². The second kappa shape index (κ2) is 11.5. The van der Waals surface area contributed by atoms with Crippen LogP contribution in [0.1, 0.15) is 47.2 Å². The number of benzene rings is 3. The zero-order valence-electron chi connectivity index (χ0n) is 21.1. The van der Waals surface area contributed by atoms with Crippen molar-refractivity contribution in [1.82, 2.24) is 9.80 Å². The molecular formula is C31H33HgN2O. The van der Waals surface area contributed by atoms with Crippen LogP contribution >= 0.6 is 0 Å². The number of amides is 1. The minimum atomic E-state index is -0.176. The molecule has 35 heavy (non-hydrogen) atoms. The Morgan fingerprint density at radius 1 is 0.943 bits per heavy atom. The van der Waals surface area contributed by atoms with E-state index in [9.17, 15) is 4.79 Å². The number of hydrogen-bond donors (Lipinski definition) is 0. The number of carbonyl (C=O) groups excluding carboxylic acids is 1. The van der Waals surface area contributed by atoms with Gasteiger partial charge in [-0.2, -0.15) is 0 Å². The minimum absolute atomic E-state index is 0.103. The first-order chi connectivity index (χ1) is 16.9. The van der Waals surface area contributed by atoms with E-state index in [-0.39, 0.29) is 38.1 Å². The second-order valence-corrected chi connectivity index (χ2v) is 12.7. The Morgan fingerprint density at radius 2 is 1.54 bits per heavy atom. The van der Waals surface area contributed by atoms with Crippen LogP contribution in [-0.2, 0) is 37.5 Å². The quantitative estimate of drug-likeness (QED) is 0.274. The topological polar surface area (TPSA) is 23.6 Å². The van der Waals surface area contributed by atoms with Gasteiger partial charge in [-0.15, -0.1) is 0 Å². The van der Waals surface area contributed by atoms with E-state index in [1.165, 1.54) is 22.3 Å². The second-order valence-electron chi connectivity index (χ2n) is 9.54. The Kier molecular flexibility index (Phi) is 8.40. The Labute approximate surface area is 226 Å². The van der Waals surface area contributed by atoms with Gasteiger partial charge >= 0.3 is 227 Å². The number of nitrogens with zero attached hydrogens (tertiary/aromatic N) is 2. The molecule has 0 saturated heterocycles. The molecule has 0 N–H and O–H groups in total. The van der Waals surface area contributed by atoms with Gasteiger partial charge in [-0.3, -0.25) is 0 Å². The van der Waals surface area contributed by atoms with Crippen LogP contribution < -0.4 is 0 Å². The fourth-order valence-corrected chi connectivity index (χ4v) is 6.14. The summed E-state index contributed by atoms with van der Waals surface area (Å²) in [5.41, 5.74) is 8.35. The van der Waals surface area contributed by atoms with Gasteiger partial charge in [0.25, 0.3) is 0 Å². The molecule has 3 aromatic carbocycles. The van der Waals surface area contributed by atoms with E-state index in [4.69, 9.17) is 0 Å². The van der Waals surface area contributed by atoms with Crippen molar-refractivity contribution in [3.8, 4) is 0 Å². The van der Waals surface area contributed by atoms with Gasteiger partial charge in [0.05, 0.1) is 0 Å². The summed E-state index contributed by atoms with van der Waals surface area (Å²) in [6, 6.07) is 27.0. The molecule has 0 aromatic heterocycles. The molecule has 0 bridgehead atoms. The van der Waals surface area contributed by atoms with Crippen LogP contribution in [0, 0.1) is 13.8 Å². The molecule has 1 aliphatic rings. The molecule has 0 unspecified atom stereocenters. The third-order valence-corrected chi connectivity index (χ3v) is 8.44. The van der Waals surface area contributed by atoms with Crippen molar-refractivity contribution in [2.75, 3.05) is 13.1 Å². The Morgan fingerprint density at radius 3 is 2.11 bits per heavy atom. The molecule has 3 aromatic rings. The molecule has 0 radical (unpaired) electrons. The zero-order valence-corrected chi connectivity index (χ0v) is 26.6. The van der Waals surface area contributed by atoms with Crippen LogP contribution in [0.4, 0.5) is 0 Å². The summed E-state index contributed by atoms with van der Waals surface area (Å²) in [7, 11) is 0. The van der Waals surface area contributed by atoms with Gasteiger partial charge in [-0.1, -0.05) is 0 Å². The summed E-state index contributed by atoms with van der Waals surface area (Å²) in [5, 5.41) is 0. The van der Waals surface area contributed by atoms with Crippen molar-refractivity contribution in [2.45, 2.75) is 39.8 Å². The molecule has 175 valence electrons. The summed E-state index contributed by atoms with van der Waals surface area (Å²) in [6.45, 7) is 13.3. The molecule has 0 saturated carbocycles. The summed E-state index contributed by atoms with van der Waals surface area (Å²) in [5.74, 6) is 0.103. The van der Waals surface area contributed by atoms with E-state index >= 15 is 0 Å². The third kappa shape index (κ3) is 5.84. The van der Waals surface area contributed by atoms with Crippen LogP contribution in [0.2, 0.25) is 0 Å². The van der Waals surface area contributed by atoms with Crippen molar-refractivity contribution in [2.24, 2.45) is 0 Å². The molecule has 0 fully saturated rings. The fraction of sp³-hybridized carbons (Fsp3) is 0.258. The van der Waals surface area contributed by atoms with Crippen molar-refractivity contribution in [3.63, 3.8) is 0 Å². The van der Waals surface area contributed by atoms with Crippen LogP contribution in [0.15, 0.2) is 99.8 Å². The third-order valence-electron chi connectivity index (χ3n) is 7.12. The molecule has 0 atom stereocenters. The molecule has 3 nitrogen and oxygen atoms in total. The molecular weight excluding hydrogens is 617 g/mol. The zero-order chi connectivity index (χ0) is 24.9.